The Morgan fingerprint density at radius 1 is 1.25 bits per heavy atom. The molecule has 2 unspecified atom stereocenters. The number of carboxylic acids is 1. The number of ether oxygens (including phenoxy) is 1. The van der Waals surface area contributed by atoms with Crippen molar-refractivity contribution >= 4 is 12.0 Å². The lowest BCUT2D eigenvalue weighted by Crippen LogP contribution is -2.48. The number of aliphatic hydroxyl groups is 1. The lowest BCUT2D eigenvalue weighted by atomic mass is 10.0. The number of hydrogen-bond donors (Lipinski definition) is 3. The van der Waals surface area contributed by atoms with E-state index in [4.69, 9.17) is 9.84 Å². The third kappa shape index (κ3) is 3.86. The fraction of sp³-hybridized carbons (Fsp3) is 0.385. The van der Waals surface area contributed by atoms with Crippen LogP contribution in [0.4, 0.5) is 4.79 Å². The monoisotopic (exact) mass is 282 g/mol. The van der Waals surface area contributed by atoms with Crippen molar-refractivity contribution < 1.29 is 24.5 Å². The summed E-state index contributed by atoms with van der Waals surface area (Å²) in [4.78, 5) is 23.9. The maximum atomic E-state index is 11.5. The third-order valence-electron chi connectivity index (χ3n) is 2.72. The van der Waals surface area contributed by atoms with Crippen LogP contribution in [-0.2, 0) is 4.79 Å². The number of hydrogen-bond acceptors (Lipinski definition) is 4. The summed E-state index contributed by atoms with van der Waals surface area (Å²) in [5, 5.41) is 21.5. The maximum absolute atomic E-state index is 11.5. The Morgan fingerprint density at radius 3 is 2.20 bits per heavy atom. The summed E-state index contributed by atoms with van der Waals surface area (Å²) < 4.78 is 4.98. The van der Waals surface area contributed by atoms with E-state index in [9.17, 15) is 14.7 Å². The molecule has 2 atom stereocenters. The predicted molar refractivity (Wildman–Crippen MR) is 71.6 cm³/mol. The van der Waals surface area contributed by atoms with Crippen LogP contribution in [0.5, 0.6) is 5.75 Å². The third-order valence-corrected chi connectivity index (χ3v) is 2.72. The van der Waals surface area contributed by atoms with Gasteiger partial charge in [0, 0.05) is 14.1 Å². The number of rotatable bonds is 5. The van der Waals surface area contributed by atoms with E-state index in [1.54, 1.807) is 24.3 Å². The predicted octanol–water partition coefficient (Wildman–Crippen LogP) is 0.453. The van der Waals surface area contributed by atoms with E-state index >= 15 is 0 Å². The van der Waals surface area contributed by atoms with E-state index in [2.05, 4.69) is 5.32 Å². The van der Waals surface area contributed by atoms with Gasteiger partial charge in [-0.05, 0) is 17.7 Å². The van der Waals surface area contributed by atoms with Crippen LogP contribution in [0.25, 0.3) is 0 Å². The minimum Gasteiger partial charge on any atom is -0.497 e. The molecular formula is C13H18N2O5. The number of urea groups is 1. The molecule has 0 saturated carbocycles. The van der Waals surface area contributed by atoms with Gasteiger partial charge in [-0.1, -0.05) is 12.1 Å². The number of carbonyl (C=O) groups excluding carboxylic acids is 1. The van der Waals surface area contributed by atoms with Gasteiger partial charge in [0.1, 0.15) is 11.9 Å². The fourth-order valence-corrected chi connectivity index (χ4v) is 1.53. The molecule has 0 heterocycles. The Morgan fingerprint density at radius 2 is 1.80 bits per heavy atom. The summed E-state index contributed by atoms with van der Waals surface area (Å²) in [5.74, 6) is -0.728. The van der Waals surface area contributed by atoms with Crippen molar-refractivity contribution in [3.63, 3.8) is 0 Å². The Hall–Kier alpha value is -2.28. The number of carboxylic acid groups (broad SMARTS) is 1. The molecule has 20 heavy (non-hydrogen) atoms. The first-order chi connectivity index (χ1) is 9.36. The molecule has 7 nitrogen and oxygen atoms in total. The van der Waals surface area contributed by atoms with Gasteiger partial charge in [0.2, 0.25) is 0 Å². The Balaban J connectivity index is 2.90. The molecule has 2 amide bonds. The molecule has 0 spiro atoms. The average molecular weight is 282 g/mol. The van der Waals surface area contributed by atoms with E-state index in [1.165, 1.54) is 26.1 Å². The maximum Gasteiger partial charge on any atom is 0.329 e. The van der Waals surface area contributed by atoms with Crippen LogP contribution in [0.2, 0.25) is 0 Å². The first kappa shape index (κ1) is 15.8. The highest BCUT2D eigenvalue weighted by Gasteiger charge is 2.29. The topological polar surface area (TPSA) is 99.1 Å². The smallest absolute Gasteiger partial charge is 0.329 e. The van der Waals surface area contributed by atoms with Crippen molar-refractivity contribution in [2.75, 3.05) is 21.2 Å². The number of nitrogens with zero attached hydrogens (tertiary/aromatic N) is 1. The number of amides is 2. The highest BCUT2D eigenvalue weighted by atomic mass is 16.5. The van der Waals surface area contributed by atoms with Crippen LogP contribution in [-0.4, -0.2) is 54.4 Å². The molecule has 1 aromatic carbocycles. The average Bonchev–Trinajstić information content (AvgIpc) is 2.43. The summed E-state index contributed by atoms with van der Waals surface area (Å²) >= 11 is 0. The lowest BCUT2D eigenvalue weighted by molar-refractivity contribution is -0.142. The molecule has 0 aliphatic rings. The second-order valence-corrected chi connectivity index (χ2v) is 4.38. The van der Waals surface area contributed by atoms with E-state index < -0.39 is 24.1 Å². The van der Waals surface area contributed by atoms with Gasteiger partial charge >= 0.3 is 12.0 Å². The van der Waals surface area contributed by atoms with Gasteiger partial charge in [0.15, 0.2) is 6.04 Å². The molecule has 0 radical (unpaired) electrons. The minimum atomic E-state index is -1.43. The van der Waals surface area contributed by atoms with Gasteiger partial charge in [-0.25, -0.2) is 9.59 Å². The van der Waals surface area contributed by atoms with Crippen LogP contribution in [0, 0.1) is 0 Å². The lowest BCUT2D eigenvalue weighted by Gasteiger charge is -2.22. The zero-order chi connectivity index (χ0) is 15.3. The normalized spacial score (nSPS) is 13.2. The van der Waals surface area contributed by atoms with Crippen LogP contribution in [0.15, 0.2) is 24.3 Å². The van der Waals surface area contributed by atoms with Crippen molar-refractivity contribution in [1.29, 1.82) is 0 Å². The second kappa shape index (κ2) is 6.76. The van der Waals surface area contributed by atoms with Gasteiger partial charge in [0.05, 0.1) is 7.11 Å². The van der Waals surface area contributed by atoms with Gasteiger partial charge in [-0.3, -0.25) is 0 Å². The van der Waals surface area contributed by atoms with Gasteiger partial charge in [0.25, 0.3) is 0 Å². The number of benzene rings is 1. The highest BCUT2D eigenvalue weighted by molar-refractivity contribution is 5.83. The van der Waals surface area contributed by atoms with Crippen molar-refractivity contribution in [1.82, 2.24) is 10.2 Å². The molecule has 0 aliphatic carbocycles. The summed E-state index contributed by atoms with van der Waals surface area (Å²) in [6.07, 6.45) is -1.36. The molecule has 0 bridgehead atoms. The van der Waals surface area contributed by atoms with Crippen LogP contribution >= 0.6 is 0 Å². The Bertz CT molecular complexity index is 472. The fourth-order valence-electron chi connectivity index (χ4n) is 1.53. The summed E-state index contributed by atoms with van der Waals surface area (Å²) in [6.45, 7) is 0. The quantitative estimate of drug-likeness (QED) is 0.728. The number of methoxy groups -OCH3 is 1. The van der Waals surface area contributed by atoms with E-state index in [-0.39, 0.29) is 0 Å². The van der Waals surface area contributed by atoms with Gasteiger partial charge in [-0.2, -0.15) is 0 Å². The van der Waals surface area contributed by atoms with E-state index in [1.807, 2.05) is 0 Å². The number of carbonyl (C=O) groups is 2. The second-order valence-electron chi connectivity index (χ2n) is 4.38. The largest absolute Gasteiger partial charge is 0.497 e. The molecule has 110 valence electrons. The number of aliphatic hydroxyl groups excluding tert-OH is 1. The van der Waals surface area contributed by atoms with Crippen LogP contribution in [0.1, 0.15) is 11.7 Å². The van der Waals surface area contributed by atoms with Gasteiger partial charge < -0.3 is 25.2 Å². The molecule has 0 aliphatic heterocycles. The molecular weight excluding hydrogens is 264 g/mol. The molecule has 0 saturated heterocycles. The van der Waals surface area contributed by atoms with Crippen LogP contribution < -0.4 is 10.1 Å². The molecule has 3 N–H and O–H groups in total. The molecule has 1 rings (SSSR count). The summed E-state index contributed by atoms with van der Waals surface area (Å²) in [6, 6.07) is 4.27. The standard InChI is InChI=1S/C13H18N2O5/c1-15(2)13(19)14-10(12(17)18)11(16)8-4-6-9(20-3)7-5-8/h4-7,10-11,16H,1-3H3,(H,14,19)(H,17,18). The summed E-state index contributed by atoms with van der Waals surface area (Å²) in [7, 11) is 4.46. The van der Waals surface area contributed by atoms with Crippen molar-refractivity contribution in [2.24, 2.45) is 0 Å². The van der Waals surface area contributed by atoms with Crippen molar-refractivity contribution in [3.8, 4) is 5.75 Å². The molecule has 1 aromatic rings. The first-order valence-electron chi connectivity index (χ1n) is 5.89. The van der Waals surface area contributed by atoms with Crippen molar-refractivity contribution in [2.45, 2.75) is 12.1 Å². The molecule has 0 aromatic heterocycles. The minimum absolute atomic E-state index is 0.372. The van der Waals surface area contributed by atoms with Gasteiger partial charge in [-0.15, -0.1) is 0 Å². The van der Waals surface area contributed by atoms with E-state index in [0.717, 1.165) is 0 Å². The van der Waals surface area contributed by atoms with E-state index in [0.29, 0.717) is 11.3 Å². The summed E-state index contributed by atoms with van der Waals surface area (Å²) in [5.41, 5.74) is 0.372. The zero-order valence-corrected chi connectivity index (χ0v) is 11.5. The number of nitrogens with one attached hydrogen (secondary N) is 1. The highest BCUT2D eigenvalue weighted by Crippen LogP contribution is 2.20. The first-order valence-corrected chi connectivity index (χ1v) is 5.89. The zero-order valence-electron chi connectivity index (χ0n) is 11.5. The Kier molecular flexibility index (Phi) is 5.33. The van der Waals surface area contributed by atoms with Crippen molar-refractivity contribution in [3.05, 3.63) is 29.8 Å². The Labute approximate surface area is 116 Å². The number of aliphatic carboxylic acids is 1. The molecule has 7 heteroatoms. The van der Waals surface area contributed by atoms with Crippen LogP contribution in [0.3, 0.4) is 0 Å². The SMILES string of the molecule is COc1ccc(C(O)C(NC(=O)N(C)C)C(=O)O)cc1. The molecule has 0 fully saturated rings.